The fourth-order valence-electron chi connectivity index (χ4n) is 3.55. The van der Waals surface area contributed by atoms with E-state index in [4.69, 9.17) is 23.2 Å². The summed E-state index contributed by atoms with van der Waals surface area (Å²) in [6.07, 6.45) is 6.04. The predicted molar refractivity (Wildman–Crippen MR) is 95.5 cm³/mol. The van der Waals surface area contributed by atoms with Gasteiger partial charge in [0.25, 0.3) is 5.91 Å². The lowest BCUT2D eigenvalue weighted by atomic mass is 9.95. The predicted octanol–water partition coefficient (Wildman–Crippen LogP) is 3.90. The van der Waals surface area contributed by atoms with E-state index in [-0.39, 0.29) is 17.7 Å². The van der Waals surface area contributed by atoms with Crippen molar-refractivity contribution in [2.45, 2.75) is 44.6 Å². The van der Waals surface area contributed by atoms with E-state index in [0.29, 0.717) is 47.6 Å². The summed E-state index contributed by atoms with van der Waals surface area (Å²) < 4.78 is 0. The van der Waals surface area contributed by atoms with Gasteiger partial charge in [0.1, 0.15) is 0 Å². The zero-order valence-corrected chi connectivity index (χ0v) is 15.1. The van der Waals surface area contributed by atoms with Crippen molar-refractivity contribution in [3.8, 4) is 0 Å². The van der Waals surface area contributed by atoms with Crippen LogP contribution in [0.2, 0.25) is 10.0 Å². The van der Waals surface area contributed by atoms with Crippen LogP contribution in [-0.2, 0) is 4.79 Å². The van der Waals surface area contributed by atoms with Crippen LogP contribution in [0.15, 0.2) is 18.2 Å². The molecular formula is C18H22Cl2N2O2. The molecule has 6 heteroatoms. The number of nitrogens with zero attached hydrogens (tertiary/aromatic N) is 1. The van der Waals surface area contributed by atoms with Gasteiger partial charge in [-0.3, -0.25) is 9.59 Å². The highest BCUT2D eigenvalue weighted by molar-refractivity contribution is 6.42. The normalized spacial score (nSPS) is 19.5. The molecule has 1 saturated heterocycles. The van der Waals surface area contributed by atoms with Gasteiger partial charge in [-0.05, 0) is 43.9 Å². The molecule has 1 aliphatic carbocycles. The van der Waals surface area contributed by atoms with E-state index >= 15 is 0 Å². The first-order chi connectivity index (χ1) is 11.5. The fraction of sp³-hybridized carbons (Fsp3) is 0.556. The smallest absolute Gasteiger partial charge is 0.253 e. The van der Waals surface area contributed by atoms with Gasteiger partial charge in [-0.1, -0.05) is 36.0 Å². The molecule has 1 aromatic rings. The lowest BCUT2D eigenvalue weighted by Gasteiger charge is -2.32. The minimum Gasteiger partial charge on any atom is -0.353 e. The number of amides is 2. The Bertz CT molecular complexity index is 621. The molecule has 2 amide bonds. The topological polar surface area (TPSA) is 49.4 Å². The van der Waals surface area contributed by atoms with Crippen molar-refractivity contribution < 1.29 is 9.59 Å². The highest BCUT2D eigenvalue weighted by Crippen LogP contribution is 2.25. The Kier molecular flexibility index (Phi) is 5.67. The van der Waals surface area contributed by atoms with E-state index in [9.17, 15) is 9.59 Å². The standard InChI is InChI=1S/C18H22Cl2N2O2/c19-15-6-5-13(11-16(15)20)18(24)22-9-7-12(8-10-22)17(23)21-14-3-1-2-4-14/h5-6,11-12,14H,1-4,7-10H2,(H,21,23). The number of carbonyl (C=O) groups excluding carboxylic acids is 2. The van der Waals surface area contributed by atoms with Crippen LogP contribution in [0.4, 0.5) is 0 Å². The van der Waals surface area contributed by atoms with Crippen LogP contribution >= 0.6 is 23.2 Å². The second kappa shape index (κ2) is 7.75. The van der Waals surface area contributed by atoms with E-state index < -0.39 is 0 Å². The number of piperidine rings is 1. The van der Waals surface area contributed by atoms with Crippen LogP contribution in [0, 0.1) is 5.92 Å². The van der Waals surface area contributed by atoms with Gasteiger partial charge in [0, 0.05) is 30.6 Å². The molecule has 24 heavy (non-hydrogen) atoms. The van der Waals surface area contributed by atoms with Gasteiger partial charge in [0.2, 0.25) is 5.91 Å². The molecule has 1 aliphatic heterocycles. The molecule has 0 unspecified atom stereocenters. The van der Waals surface area contributed by atoms with Crippen LogP contribution in [0.1, 0.15) is 48.9 Å². The third kappa shape index (κ3) is 4.04. The first-order valence-electron chi connectivity index (χ1n) is 8.59. The molecule has 0 atom stereocenters. The summed E-state index contributed by atoms with van der Waals surface area (Å²) in [4.78, 5) is 26.7. The number of rotatable bonds is 3. The van der Waals surface area contributed by atoms with E-state index in [1.54, 1.807) is 23.1 Å². The molecule has 2 fully saturated rings. The molecule has 1 heterocycles. The molecule has 1 aromatic carbocycles. The maximum Gasteiger partial charge on any atom is 0.253 e. The summed E-state index contributed by atoms with van der Waals surface area (Å²) in [5, 5.41) is 3.99. The van der Waals surface area contributed by atoms with E-state index in [1.807, 2.05) is 0 Å². The number of nitrogens with one attached hydrogen (secondary N) is 1. The van der Waals surface area contributed by atoms with E-state index in [2.05, 4.69) is 5.32 Å². The number of hydrogen-bond acceptors (Lipinski definition) is 2. The number of carbonyl (C=O) groups is 2. The van der Waals surface area contributed by atoms with Gasteiger partial charge < -0.3 is 10.2 Å². The van der Waals surface area contributed by atoms with Crippen LogP contribution in [-0.4, -0.2) is 35.8 Å². The van der Waals surface area contributed by atoms with Crippen molar-refractivity contribution >= 4 is 35.0 Å². The fourth-order valence-corrected chi connectivity index (χ4v) is 3.84. The summed E-state index contributed by atoms with van der Waals surface area (Å²) >= 11 is 11.9. The lowest BCUT2D eigenvalue weighted by molar-refractivity contribution is -0.127. The number of halogens is 2. The van der Waals surface area contributed by atoms with Gasteiger partial charge in [-0.15, -0.1) is 0 Å². The Morgan fingerprint density at radius 3 is 2.29 bits per heavy atom. The lowest BCUT2D eigenvalue weighted by Crippen LogP contribution is -2.44. The van der Waals surface area contributed by atoms with Crippen LogP contribution in [0.25, 0.3) is 0 Å². The molecule has 0 aromatic heterocycles. The summed E-state index contributed by atoms with van der Waals surface area (Å²) in [5.74, 6) is 0.121. The van der Waals surface area contributed by atoms with Crippen LogP contribution in [0.5, 0.6) is 0 Å². The van der Waals surface area contributed by atoms with Crippen molar-refractivity contribution in [1.82, 2.24) is 10.2 Å². The monoisotopic (exact) mass is 368 g/mol. The number of likely N-dealkylation sites (tertiary alicyclic amines) is 1. The van der Waals surface area contributed by atoms with E-state index in [1.165, 1.54) is 12.8 Å². The average Bonchev–Trinajstić information content (AvgIpc) is 3.10. The zero-order valence-electron chi connectivity index (χ0n) is 13.6. The number of hydrogen-bond donors (Lipinski definition) is 1. The molecule has 4 nitrogen and oxygen atoms in total. The Morgan fingerprint density at radius 1 is 1.00 bits per heavy atom. The molecule has 1 N–H and O–H groups in total. The highest BCUT2D eigenvalue weighted by Gasteiger charge is 2.29. The quantitative estimate of drug-likeness (QED) is 0.879. The van der Waals surface area contributed by atoms with Crippen molar-refractivity contribution in [2.24, 2.45) is 5.92 Å². The first kappa shape index (κ1) is 17.6. The van der Waals surface area contributed by atoms with Crippen LogP contribution in [0.3, 0.4) is 0 Å². The van der Waals surface area contributed by atoms with Gasteiger partial charge in [0.05, 0.1) is 10.0 Å². The number of benzene rings is 1. The van der Waals surface area contributed by atoms with Crippen molar-refractivity contribution in [3.63, 3.8) is 0 Å². The molecule has 2 aliphatic rings. The molecule has 3 rings (SSSR count). The van der Waals surface area contributed by atoms with Gasteiger partial charge in [0.15, 0.2) is 0 Å². The maximum atomic E-state index is 12.5. The first-order valence-corrected chi connectivity index (χ1v) is 9.35. The summed E-state index contributed by atoms with van der Waals surface area (Å²) in [7, 11) is 0. The minimum absolute atomic E-state index is 0.0171. The van der Waals surface area contributed by atoms with Gasteiger partial charge in [-0.25, -0.2) is 0 Å². The summed E-state index contributed by atoms with van der Waals surface area (Å²) in [5.41, 5.74) is 0.540. The Morgan fingerprint density at radius 2 is 1.67 bits per heavy atom. The Hall–Kier alpha value is -1.26. The third-order valence-corrected chi connectivity index (χ3v) is 5.76. The van der Waals surface area contributed by atoms with Gasteiger partial charge >= 0.3 is 0 Å². The second-order valence-electron chi connectivity index (χ2n) is 6.69. The Balaban J connectivity index is 1.53. The molecular weight excluding hydrogens is 347 g/mol. The van der Waals surface area contributed by atoms with Crippen molar-refractivity contribution in [3.05, 3.63) is 33.8 Å². The van der Waals surface area contributed by atoms with Crippen molar-refractivity contribution in [2.75, 3.05) is 13.1 Å². The second-order valence-corrected chi connectivity index (χ2v) is 7.50. The molecule has 0 radical (unpaired) electrons. The molecule has 130 valence electrons. The van der Waals surface area contributed by atoms with E-state index in [0.717, 1.165) is 12.8 Å². The van der Waals surface area contributed by atoms with Crippen molar-refractivity contribution in [1.29, 1.82) is 0 Å². The average molecular weight is 369 g/mol. The van der Waals surface area contributed by atoms with Gasteiger partial charge in [-0.2, -0.15) is 0 Å². The zero-order chi connectivity index (χ0) is 17.1. The van der Waals surface area contributed by atoms with Crippen LogP contribution < -0.4 is 5.32 Å². The largest absolute Gasteiger partial charge is 0.353 e. The third-order valence-electron chi connectivity index (χ3n) is 5.02. The SMILES string of the molecule is O=C(NC1CCCC1)C1CCN(C(=O)c2ccc(Cl)c(Cl)c2)CC1. The molecule has 0 spiro atoms. The summed E-state index contributed by atoms with van der Waals surface area (Å²) in [6, 6.07) is 5.29. The highest BCUT2D eigenvalue weighted by atomic mass is 35.5. The molecule has 0 bridgehead atoms. The molecule has 1 saturated carbocycles. The maximum absolute atomic E-state index is 12.5. The minimum atomic E-state index is -0.0526. The Labute approximate surface area is 152 Å². The summed E-state index contributed by atoms with van der Waals surface area (Å²) in [6.45, 7) is 1.20.